The summed E-state index contributed by atoms with van der Waals surface area (Å²) >= 11 is 0. The van der Waals surface area contributed by atoms with Gasteiger partial charge in [-0.2, -0.15) is 0 Å². The van der Waals surface area contributed by atoms with E-state index in [9.17, 15) is 9.00 Å². The molecule has 0 radical (unpaired) electrons. The summed E-state index contributed by atoms with van der Waals surface area (Å²) in [5, 5.41) is 0. The van der Waals surface area contributed by atoms with Crippen LogP contribution in [0.15, 0.2) is 30.3 Å². The van der Waals surface area contributed by atoms with E-state index in [1.165, 1.54) is 7.11 Å². The van der Waals surface area contributed by atoms with Gasteiger partial charge in [-0.15, -0.1) is 0 Å². The van der Waals surface area contributed by atoms with Crippen molar-refractivity contribution in [1.29, 1.82) is 0 Å². The van der Waals surface area contributed by atoms with Crippen molar-refractivity contribution >= 4 is 16.8 Å². The van der Waals surface area contributed by atoms with Crippen molar-refractivity contribution in [2.24, 2.45) is 5.73 Å². The molecule has 116 valence electrons. The Hall–Kier alpha value is -1.24. The van der Waals surface area contributed by atoms with Crippen molar-refractivity contribution in [3.63, 3.8) is 0 Å². The number of carbonyl (C=O) groups is 1. The number of methoxy groups -OCH3 is 1. The molecule has 2 rings (SSSR count). The summed E-state index contributed by atoms with van der Waals surface area (Å²) in [5.41, 5.74) is 5.99. The van der Waals surface area contributed by atoms with Crippen LogP contribution in [0.2, 0.25) is 0 Å². The Bertz CT molecular complexity index is 499. The molecule has 0 saturated carbocycles. The zero-order valence-corrected chi connectivity index (χ0v) is 13.1. The quantitative estimate of drug-likeness (QED) is 0.800. The lowest BCUT2D eigenvalue weighted by atomic mass is 9.87. The van der Waals surface area contributed by atoms with Gasteiger partial charge in [0.2, 0.25) is 0 Å². The molecule has 1 aromatic carbocycles. The number of nitrogens with zero attached hydrogens (tertiary/aromatic N) is 1. The van der Waals surface area contributed by atoms with Gasteiger partial charge in [0.05, 0.1) is 7.11 Å². The van der Waals surface area contributed by atoms with Crippen LogP contribution in [0.4, 0.5) is 0 Å². The molecule has 6 heteroatoms. The molecule has 1 aliphatic heterocycles. The van der Waals surface area contributed by atoms with Crippen LogP contribution in [0.25, 0.3) is 0 Å². The highest BCUT2D eigenvalue weighted by Gasteiger charge is 2.37. The summed E-state index contributed by atoms with van der Waals surface area (Å²) in [4.78, 5) is 14.3. The van der Waals surface area contributed by atoms with Crippen LogP contribution in [0.1, 0.15) is 12.0 Å². The monoisotopic (exact) mass is 310 g/mol. The normalized spacial score (nSPS) is 19.9. The molecular formula is C15H22N2O3S. The highest BCUT2D eigenvalue weighted by atomic mass is 32.2. The van der Waals surface area contributed by atoms with Crippen LogP contribution in [-0.2, 0) is 25.9 Å². The predicted octanol–water partition coefficient (Wildman–Crippen LogP) is 0.468. The predicted molar refractivity (Wildman–Crippen MR) is 83.3 cm³/mol. The molecule has 1 unspecified atom stereocenters. The second-order valence-corrected chi connectivity index (χ2v) is 6.96. The molecule has 1 aliphatic rings. The van der Waals surface area contributed by atoms with E-state index in [0.717, 1.165) is 18.7 Å². The Kier molecular flexibility index (Phi) is 5.50. The highest BCUT2D eigenvalue weighted by Crippen LogP contribution is 2.24. The number of ether oxygens (including phenoxy) is 1. The van der Waals surface area contributed by atoms with Gasteiger partial charge in [0, 0.05) is 41.9 Å². The Morgan fingerprint density at radius 1 is 1.33 bits per heavy atom. The third-order valence-corrected chi connectivity index (χ3v) is 5.21. The van der Waals surface area contributed by atoms with Gasteiger partial charge in [0.15, 0.2) is 0 Å². The maximum atomic E-state index is 12.1. The highest BCUT2D eigenvalue weighted by molar-refractivity contribution is 7.85. The molecule has 0 amide bonds. The molecule has 1 aromatic rings. The van der Waals surface area contributed by atoms with Crippen LogP contribution < -0.4 is 5.73 Å². The maximum absolute atomic E-state index is 12.1. The molecule has 5 nitrogen and oxygen atoms in total. The molecule has 21 heavy (non-hydrogen) atoms. The topological polar surface area (TPSA) is 72.6 Å². The largest absolute Gasteiger partial charge is 0.467 e. The van der Waals surface area contributed by atoms with Crippen molar-refractivity contribution < 1.29 is 13.7 Å². The van der Waals surface area contributed by atoms with E-state index < -0.39 is 22.3 Å². The van der Waals surface area contributed by atoms with Crippen molar-refractivity contribution in [2.45, 2.75) is 12.0 Å². The second-order valence-electron chi connectivity index (χ2n) is 5.27. The van der Waals surface area contributed by atoms with Crippen LogP contribution in [0.5, 0.6) is 0 Å². The van der Waals surface area contributed by atoms with E-state index in [-0.39, 0.29) is 0 Å². The van der Waals surface area contributed by atoms with Crippen molar-refractivity contribution in [1.82, 2.24) is 4.90 Å². The minimum atomic E-state index is -1.13. The molecule has 0 aliphatic carbocycles. The average Bonchev–Trinajstić information content (AvgIpc) is 2.54. The molecular weight excluding hydrogens is 288 g/mol. The van der Waals surface area contributed by atoms with Gasteiger partial charge < -0.3 is 15.4 Å². The van der Waals surface area contributed by atoms with Gasteiger partial charge in [-0.3, -0.25) is 4.21 Å². The fraction of sp³-hybridized carbons (Fsp3) is 0.533. The Labute approximate surface area is 127 Å². The summed E-state index contributed by atoms with van der Waals surface area (Å²) < 4.78 is 16.3. The zero-order valence-electron chi connectivity index (χ0n) is 12.3. The molecule has 1 atom stereocenters. The van der Waals surface area contributed by atoms with E-state index in [0.29, 0.717) is 24.5 Å². The summed E-state index contributed by atoms with van der Waals surface area (Å²) in [6, 6.07) is 9.32. The number of nitrogens with two attached hydrogens (primary N) is 1. The van der Waals surface area contributed by atoms with Gasteiger partial charge in [-0.25, -0.2) is 4.79 Å². The fourth-order valence-electron chi connectivity index (χ4n) is 2.52. The lowest BCUT2D eigenvalue weighted by molar-refractivity contribution is -0.148. The number of esters is 1. The van der Waals surface area contributed by atoms with Crippen molar-refractivity contribution in [3.8, 4) is 0 Å². The fourth-order valence-corrected chi connectivity index (χ4v) is 3.64. The number of hydrogen-bond acceptors (Lipinski definition) is 5. The standard InChI is InChI=1S/C15H22N2O3S/c1-20-14(18)15(16,13-5-3-2-4-6-13)7-8-17-9-11-21(19)12-10-17/h2-6H,7-12,16H2,1H3. The molecule has 2 N–H and O–H groups in total. The van der Waals surface area contributed by atoms with Crippen LogP contribution >= 0.6 is 0 Å². The SMILES string of the molecule is COC(=O)C(N)(CCN1CCS(=O)CC1)c1ccccc1. The Morgan fingerprint density at radius 2 is 1.95 bits per heavy atom. The van der Waals surface area contributed by atoms with E-state index in [1.807, 2.05) is 30.3 Å². The minimum Gasteiger partial charge on any atom is -0.467 e. The molecule has 1 heterocycles. The number of rotatable bonds is 5. The van der Waals surface area contributed by atoms with Crippen molar-refractivity contribution in [3.05, 3.63) is 35.9 Å². The molecule has 1 saturated heterocycles. The summed E-state index contributed by atoms with van der Waals surface area (Å²) in [7, 11) is 0.662. The molecule has 0 aromatic heterocycles. The smallest absolute Gasteiger partial charge is 0.330 e. The number of benzene rings is 1. The summed E-state index contributed by atoms with van der Waals surface area (Å²) in [5.74, 6) is 0.969. The van der Waals surface area contributed by atoms with E-state index >= 15 is 0 Å². The van der Waals surface area contributed by atoms with E-state index in [4.69, 9.17) is 10.5 Å². The van der Waals surface area contributed by atoms with Gasteiger partial charge in [0.25, 0.3) is 0 Å². The Morgan fingerprint density at radius 3 is 2.52 bits per heavy atom. The number of carbonyl (C=O) groups excluding carboxylic acids is 1. The van der Waals surface area contributed by atoms with Gasteiger partial charge in [-0.05, 0) is 12.0 Å². The maximum Gasteiger partial charge on any atom is 0.330 e. The Balaban J connectivity index is 2.07. The zero-order chi connectivity index (χ0) is 15.3. The van der Waals surface area contributed by atoms with E-state index in [2.05, 4.69) is 4.90 Å². The summed E-state index contributed by atoms with van der Waals surface area (Å²) in [6.45, 7) is 2.27. The van der Waals surface area contributed by atoms with Gasteiger partial charge >= 0.3 is 5.97 Å². The number of hydrogen-bond donors (Lipinski definition) is 1. The first-order valence-electron chi connectivity index (χ1n) is 7.06. The first-order valence-corrected chi connectivity index (χ1v) is 8.55. The first-order chi connectivity index (χ1) is 10.1. The minimum absolute atomic E-state index is 0.422. The third kappa shape index (κ3) is 3.90. The lowest BCUT2D eigenvalue weighted by Crippen LogP contribution is -2.49. The van der Waals surface area contributed by atoms with E-state index in [1.54, 1.807) is 0 Å². The molecule has 1 fully saturated rings. The van der Waals surface area contributed by atoms with Crippen molar-refractivity contribution in [2.75, 3.05) is 38.2 Å². The third-order valence-electron chi connectivity index (χ3n) is 3.93. The van der Waals surface area contributed by atoms with Crippen LogP contribution in [-0.4, -0.2) is 53.3 Å². The average molecular weight is 310 g/mol. The first kappa shape index (κ1) is 16.1. The van der Waals surface area contributed by atoms with Gasteiger partial charge in [0.1, 0.15) is 5.54 Å². The van der Waals surface area contributed by atoms with Crippen LogP contribution in [0.3, 0.4) is 0 Å². The summed E-state index contributed by atoms with van der Waals surface area (Å²) in [6.07, 6.45) is 0.482. The molecule has 0 spiro atoms. The van der Waals surface area contributed by atoms with Crippen LogP contribution in [0, 0.1) is 0 Å². The van der Waals surface area contributed by atoms with Gasteiger partial charge in [-0.1, -0.05) is 30.3 Å². The molecule has 0 bridgehead atoms. The second kappa shape index (κ2) is 7.15. The lowest BCUT2D eigenvalue weighted by Gasteiger charge is -2.32.